The monoisotopic (exact) mass is 353 g/mol. The van der Waals surface area contributed by atoms with E-state index < -0.39 is 0 Å². The molecule has 4 heteroatoms. The maximum atomic E-state index is 8.70. The van der Waals surface area contributed by atoms with Crippen LogP contribution in [0.5, 0.6) is 0 Å². The first kappa shape index (κ1) is 17.9. The average Bonchev–Trinajstić information content (AvgIpc) is 2.66. The molecule has 0 spiro atoms. The van der Waals surface area contributed by atoms with Crippen molar-refractivity contribution in [2.45, 2.75) is 18.9 Å². The van der Waals surface area contributed by atoms with Crippen molar-refractivity contribution in [1.29, 1.82) is 5.26 Å². The first-order valence-corrected chi connectivity index (χ1v) is 9.29. The van der Waals surface area contributed by atoms with Gasteiger partial charge >= 0.3 is 0 Å². The van der Waals surface area contributed by atoms with Crippen LogP contribution >= 0.6 is 11.6 Å². The van der Waals surface area contributed by atoms with Gasteiger partial charge < -0.3 is 4.90 Å². The minimum Gasteiger partial charge on any atom is -0.301 e. The Bertz CT molecular complexity index is 685. The third-order valence-electron chi connectivity index (χ3n) is 4.84. The first-order valence-electron chi connectivity index (χ1n) is 8.91. The van der Waals surface area contributed by atoms with Gasteiger partial charge in [0, 0.05) is 37.6 Å². The lowest BCUT2D eigenvalue weighted by Gasteiger charge is -2.39. The molecule has 1 heterocycles. The summed E-state index contributed by atoms with van der Waals surface area (Å²) in [6, 6.07) is 21.4. The highest BCUT2D eigenvalue weighted by atomic mass is 35.5. The molecule has 0 bridgehead atoms. The number of piperazine rings is 1. The van der Waals surface area contributed by atoms with Crippen molar-refractivity contribution < 1.29 is 0 Å². The Morgan fingerprint density at radius 3 is 2.20 bits per heavy atom. The molecule has 0 radical (unpaired) electrons. The van der Waals surface area contributed by atoms with E-state index in [0.717, 1.165) is 44.2 Å². The highest BCUT2D eigenvalue weighted by Crippen LogP contribution is 2.30. The second kappa shape index (κ2) is 9.01. The Labute approximate surface area is 155 Å². The SMILES string of the molecule is N#CCCCN1CCN(C(c2ccccc2)c2ccc(Cl)cc2)CC1. The summed E-state index contributed by atoms with van der Waals surface area (Å²) in [6.45, 7) is 5.21. The molecule has 1 aliphatic rings. The zero-order valence-electron chi connectivity index (χ0n) is 14.4. The van der Waals surface area contributed by atoms with E-state index in [1.807, 2.05) is 12.1 Å². The molecule has 3 nitrogen and oxygen atoms in total. The number of halogens is 1. The fraction of sp³-hybridized carbons (Fsp3) is 0.381. The molecule has 2 aromatic rings. The molecule has 1 unspecified atom stereocenters. The summed E-state index contributed by atoms with van der Waals surface area (Å²) in [5.41, 5.74) is 2.61. The molecule has 0 saturated carbocycles. The summed E-state index contributed by atoms with van der Waals surface area (Å²) < 4.78 is 0. The van der Waals surface area contributed by atoms with Gasteiger partial charge in [-0.05, 0) is 36.2 Å². The van der Waals surface area contributed by atoms with Crippen molar-refractivity contribution in [3.63, 3.8) is 0 Å². The van der Waals surface area contributed by atoms with Gasteiger partial charge in [-0.2, -0.15) is 5.26 Å². The molecule has 0 N–H and O–H groups in total. The van der Waals surface area contributed by atoms with Crippen LogP contribution in [-0.4, -0.2) is 42.5 Å². The third kappa shape index (κ3) is 4.83. The van der Waals surface area contributed by atoms with Crippen molar-refractivity contribution in [1.82, 2.24) is 9.80 Å². The lowest BCUT2D eigenvalue weighted by atomic mass is 9.96. The van der Waals surface area contributed by atoms with Crippen molar-refractivity contribution in [3.8, 4) is 6.07 Å². The van der Waals surface area contributed by atoms with E-state index in [0.29, 0.717) is 6.42 Å². The maximum absolute atomic E-state index is 8.70. The number of unbranched alkanes of at least 4 members (excludes halogenated alkanes) is 1. The lowest BCUT2D eigenvalue weighted by molar-refractivity contribution is 0.109. The number of nitriles is 1. The highest BCUT2D eigenvalue weighted by Gasteiger charge is 2.26. The Morgan fingerprint density at radius 2 is 1.56 bits per heavy atom. The van der Waals surface area contributed by atoms with Crippen molar-refractivity contribution in [2.24, 2.45) is 0 Å². The predicted octanol–water partition coefficient (Wildman–Crippen LogP) is 4.35. The Morgan fingerprint density at radius 1 is 0.920 bits per heavy atom. The van der Waals surface area contributed by atoms with Crippen LogP contribution in [-0.2, 0) is 0 Å². The molecule has 0 amide bonds. The fourth-order valence-corrected chi connectivity index (χ4v) is 3.65. The molecule has 1 atom stereocenters. The minimum atomic E-state index is 0.264. The Kier molecular flexibility index (Phi) is 6.47. The molecule has 1 aliphatic heterocycles. The predicted molar refractivity (Wildman–Crippen MR) is 103 cm³/mol. The average molecular weight is 354 g/mol. The fourth-order valence-electron chi connectivity index (χ4n) is 3.52. The largest absolute Gasteiger partial charge is 0.301 e. The molecule has 130 valence electrons. The summed E-state index contributed by atoms with van der Waals surface area (Å²) >= 11 is 6.08. The van der Waals surface area contributed by atoms with Gasteiger partial charge in [-0.25, -0.2) is 0 Å². The molecule has 2 aromatic carbocycles. The lowest BCUT2D eigenvalue weighted by Crippen LogP contribution is -2.48. The topological polar surface area (TPSA) is 30.3 Å². The van der Waals surface area contributed by atoms with Gasteiger partial charge in [0.25, 0.3) is 0 Å². The molecule has 0 aliphatic carbocycles. The van der Waals surface area contributed by atoms with Crippen LogP contribution < -0.4 is 0 Å². The number of nitrogens with zero attached hydrogens (tertiary/aromatic N) is 3. The smallest absolute Gasteiger partial charge is 0.0622 e. The summed E-state index contributed by atoms with van der Waals surface area (Å²) in [7, 11) is 0. The van der Waals surface area contributed by atoms with Crippen molar-refractivity contribution in [3.05, 3.63) is 70.7 Å². The van der Waals surface area contributed by atoms with Crippen LogP contribution in [0.15, 0.2) is 54.6 Å². The van der Waals surface area contributed by atoms with Gasteiger partial charge in [0.15, 0.2) is 0 Å². The number of rotatable bonds is 6. The van der Waals surface area contributed by atoms with Gasteiger partial charge in [-0.3, -0.25) is 4.90 Å². The van der Waals surface area contributed by atoms with Crippen LogP contribution in [0.3, 0.4) is 0 Å². The molecule has 25 heavy (non-hydrogen) atoms. The quantitative estimate of drug-likeness (QED) is 0.723. The van der Waals surface area contributed by atoms with Crippen LogP contribution in [0, 0.1) is 11.3 Å². The molecule has 1 fully saturated rings. The zero-order chi connectivity index (χ0) is 17.5. The van der Waals surface area contributed by atoms with Crippen LogP contribution in [0.2, 0.25) is 5.02 Å². The van der Waals surface area contributed by atoms with Crippen LogP contribution in [0.25, 0.3) is 0 Å². The van der Waals surface area contributed by atoms with E-state index in [2.05, 4.69) is 58.3 Å². The molecular weight excluding hydrogens is 330 g/mol. The van der Waals surface area contributed by atoms with Gasteiger partial charge in [0.1, 0.15) is 0 Å². The second-order valence-electron chi connectivity index (χ2n) is 6.50. The first-order chi connectivity index (χ1) is 12.3. The summed E-state index contributed by atoms with van der Waals surface area (Å²) in [6.07, 6.45) is 1.62. The number of benzene rings is 2. The highest BCUT2D eigenvalue weighted by molar-refractivity contribution is 6.30. The number of hydrogen-bond acceptors (Lipinski definition) is 3. The van der Waals surface area contributed by atoms with E-state index in [1.165, 1.54) is 11.1 Å². The van der Waals surface area contributed by atoms with Gasteiger partial charge in [-0.15, -0.1) is 0 Å². The van der Waals surface area contributed by atoms with E-state index in [9.17, 15) is 0 Å². The van der Waals surface area contributed by atoms with Crippen LogP contribution in [0.4, 0.5) is 0 Å². The normalized spacial score (nSPS) is 17.1. The molecule has 1 saturated heterocycles. The van der Waals surface area contributed by atoms with Gasteiger partial charge in [-0.1, -0.05) is 54.1 Å². The molecule has 0 aromatic heterocycles. The van der Waals surface area contributed by atoms with Crippen molar-refractivity contribution in [2.75, 3.05) is 32.7 Å². The third-order valence-corrected chi connectivity index (χ3v) is 5.09. The Hall–Kier alpha value is -1.86. The Balaban J connectivity index is 1.73. The standard InChI is InChI=1S/C21H24ClN3/c22-20-10-8-19(9-11-20)21(18-6-2-1-3-7-18)25-16-14-24(15-17-25)13-5-4-12-23/h1-3,6-11,21H,4-5,13-17H2. The van der Waals surface area contributed by atoms with Crippen molar-refractivity contribution >= 4 is 11.6 Å². The summed E-state index contributed by atoms with van der Waals surface area (Å²) in [4.78, 5) is 5.02. The van der Waals surface area contributed by atoms with Gasteiger partial charge in [0.2, 0.25) is 0 Å². The van der Waals surface area contributed by atoms with E-state index in [-0.39, 0.29) is 6.04 Å². The molecule has 3 rings (SSSR count). The zero-order valence-corrected chi connectivity index (χ0v) is 15.2. The maximum Gasteiger partial charge on any atom is 0.0622 e. The van der Waals surface area contributed by atoms with E-state index in [1.54, 1.807) is 0 Å². The summed E-state index contributed by atoms with van der Waals surface area (Å²) in [5, 5.41) is 9.47. The van der Waals surface area contributed by atoms with E-state index in [4.69, 9.17) is 16.9 Å². The van der Waals surface area contributed by atoms with Crippen LogP contribution in [0.1, 0.15) is 30.0 Å². The van der Waals surface area contributed by atoms with Gasteiger partial charge in [0.05, 0.1) is 12.1 Å². The minimum absolute atomic E-state index is 0.264. The summed E-state index contributed by atoms with van der Waals surface area (Å²) in [5.74, 6) is 0. The second-order valence-corrected chi connectivity index (χ2v) is 6.94. The number of hydrogen-bond donors (Lipinski definition) is 0. The molecular formula is C21H24ClN3. The van der Waals surface area contributed by atoms with E-state index >= 15 is 0 Å².